The second-order valence-electron chi connectivity index (χ2n) is 8.99. The molecule has 0 saturated heterocycles. The Morgan fingerprint density at radius 1 is 1.06 bits per heavy atom. The smallest absolute Gasteiger partial charge is 0.314 e. The van der Waals surface area contributed by atoms with Gasteiger partial charge in [0.15, 0.2) is 11.2 Å². The van der Waals surface area contributed by atoms with E-state index in [1.807, 2.05) is 0 Å². The SMILES string of the molecule is COc1nc(N)nc2c1ncn2C(OCCCOC(=O)C(C)(C)C)OC(=O)C(C)(C)C. The van der Waals surface area contributed by atoms with Gasteiger partial charge in [-0.2, -0.15) is 9.97 Å². The Morgan fingerprint density at radius 2 is 1.71 bits per heavy atom. The molecule has 0 aliphatic heterocycles. The lowest BCUT2D eigenvalue weighted by Gasteiger charge is -2.24. The van der Waals surface area contributed by atoms with Gasteiger partial charge in [-0.25, -0.2) is 4.98 Å². The summed E-state index contributed by atoms with van der Waals surface area (Å²) in [6.45, 7) is 10.8. The Balaban J connectivity index is 2.18. The predicted molar refractivity (Wildman–Crippen MR) is 112 cm³/mol. The maximum Gasteiger partial charge on any atom is 0.314 e. The van der Waals surface area contributed by atoms with Crippen molar-refractivity contribution in [2.75, 3.05) is 26.1 Å². The number of carbonyl (C=O) groups is 2. The van der Waals surface area contributed by atoms with E-state index in [9.17, 15) is 9.59 Å². The van der Waals surface area contributed by atoms with Crippen molar-refractivity contribution in [2.24, 2.45) is 10.8 Å². The second kappa shape index (κ2) is 9.46. The molecule has 2 N–H and O–H groups in total. The number of carbonyl (C=O) groups excluding carboxylic acids is 2. The van der Waals surface area contributed by atoms with Crippen LogP contribution in [0.1, 0.15) is 54.4 Å². The van der Waals surface area contributed by atoms with Crippen LogP contribution < -0.4 is 10.5 Å². The van der Waals surface area contributed by atoms with Crippen molar-refractivity contribution in [1.82, 2.24) is 19.5 Å². The molecule has 0 aliphatic rings. The number of hydrogen-bond acceptors (Lipinski definition) is 10. The number of rotatable bonds is 8. The summed E-state index contributed by atoms with van der Waals surface area (Å²) in [6, 6.07) is 0. The molecule has 0 aliphatic carbocycles. The van der Waals surface area contributed by atoms with Gasteiger partial charge in [-0.1, -0.05) is 0 Å². The largest absolute Gasteiger partial charge is 0.479 e. The Kier molecular flexibility index (Phi) is 7.42. The Bertz CT molecular complexity index is 929. The molecule has 2 aromatic heterocycles. The van der Waals surface area contributed by atoms with Crippen LogP contribution in [-0.2, 0) is 23.8 Å². The number of nitrogens with zero attached hydrogens (tertiary/aromatic N) is 4. The first kappa shape index (κ1) is 24.3. The lowest BCUT2D eigenvalue weighted by Crippen LogP contribution is -2.29. The van der Waals surface area contributed by atoms with E-state index >= 15 is 0 Å². The van der Waals surface area contributed by atoms with E-state index in [4.69, 9.17) is 24.7 Å². The van der Waals surface area contributed by atoms with E-state index in [0.29, 0.717) is 11.9 Å². The molecule has 1 atom stereocenters. The fourth-order valence-electron chi connectivity index (χ4n) is 2.27. The average Bonchev–Trinajstić information content (AvgIpc) is 3.07. The third-order valence-electron chi connectivity index (χ3n) is 4.04. The van der Waals surface area contributed by atoms with Crippen LogP contribution in [0.2, 0.25) is 0 Å². The van der Waals surface area contributed by atoms with Crippen LogP contribution in [0.15, 0.2) is 6.33 Å². The number of esters is 2. The van der Waals surface area contributed by atoms with Crippen LogP contribution in [0, 0.1) is 10.8 Å². The maximum absolute atomic E-state index is 12.5. The summed E-state index contributed by atoms with van der Waals surface area (Å²) in [5.41, 5.74) is 5.05. The number of aromatic nitrogens is 4. The van der Waals surface area contributed by atoms with Crippen molar-refractivity contribution in [3.63, 3.8) is 0 Å². The molecule has 0 bridgehead atoms. The molecule has 1 unspecified atom stereocenters. The molecule has 2 aromatic rings. The molecule has 0 radical (unpaired) electrons. The van der Waals surface area contributed by atoms with Gasteiger partial charge in [0.05, 0.1) is 31.2 Å². The number of fused-ring (bicyclic) bond motifs is 1. The highest BCUT2D eigenvalue weighted by Crippen LogP contribution is 2.27. The lowest BCUT2D eigenvalue weighted by molar-refractivity contribution is -0.210. The topological polar surface area (TPSA) is 141 Å². The number of nitrogen functional groups attached to an aromatic ring is 1. The summed E-state index contributed by atoms with van der Waals surface area (Å²) < 4.78 is 23.2. The normalized spacial score (nSPS) is 13.1. The van der Waals surface area contributed by atoms with Crippen molar-refractivity contribution in [3.8, 4) is 5.88 Å². The number of nitrogens with two attached hydrogens (primary N) is 1. The van der Waals surface area contributed by atoms with Crippen LogP contribution in [0.5, 0.6) is 5.88 Å². The van der Waals surface area contributed by atoms with Crippen LogP contribution >= 0.6 is 0 Å². The lowest BCUT2D eigenvalue weighted by atomic mass is 9.97. The minimum atomic E-state index is -1.16. The fourth-order valence-corrected chi connectivity index (χ4v) is 2.27. The Morgan fingerprint density at radius 3 is 2.29 bits per heavy atom. The standard InChI is InChI=1S/C20H31N5O6/c1-19(2,3)15(26)29-9-8-10-30-18(31-16(27)20(4,5)6)25-11-22-12-13(25)23-17(21)24-14(12)28-7/h11,18H,8-10H2,1-7H3,(H2,21,23,24). The third kappa shape index (κ3) is 6.27. The molecule has 2 heterocycles. The molecular formula is C20H31N5O6. The van der Waals surface area contributed by atoms with Gasteiger partial charge in [0.2, 0.25) is 11.8 Å². The minimum absolute atomic E-state index is 0.0268. The zero-order chi connectivity index (χ0) is 23.4. The number of anilines is 1. The van der Waals surface area contributed by atoms with E-state index in [0.717, 1.165) is 0 Å². The fraction of sp³-hybridized carbons (Fsp3) is 0.650. The first-order valence-corrected chi connectivity index (χ1v) is 9.88. The highest BCUT2D eigenvalue weighted by Gasteiger charge is 2.29. The highest BCUT2D eigenvalue weighted by molar-refractivity contribution is 5.78. The van der Waals surface area contributed by atoms with Crippen molar-refractivity contribution >= 4 is 29.1 Å². The molecule has 0 spiro atoms. The van der Waals surface area contributed by atoms with Crippen LogP contribution in [0.4, 0.5) is 5.95 Å². The first-order valence-electron chi connectivity index (χ1n) is 9.88. The minimum Gasteiger partial charge on any atom is -0.479 e. The Labute approximate surface area is 181 Å². The number of ether oxygens (including phenoxy) is 4. The molecular weight excluding hydrogens is 406 g/mol. The molecule has 31 heavy (non-hydrogen) atoms. The van der Waals surface area contributed by atoms with E-state index < -0.39 is 23.2 Å². The summed E-state index contributed by atoms with van der Waals surface area (Å²) in [4.78, 5) is 36.8. The second-order valence-corrected chi connectivity index (χ2v) is 8.99. The quantitative estimate of drug-likeness (QED) is 0.372. The number of imidazole rings is 1. The summed E-state index contributed by atoms with van der Waals surface area (Å²) in [6.07, 6.45) is 0.647. The van der Waals surface area contributed by atoms with E-state index in [1.165, 1.54) is 18.0 Å². The van der Waals surface area contributed by atoms with Crippen molar-refractivity contribution in [2.45, 2.75) is 54.4 Å². The van der Waals surface area contributed by atoms with Gasteiger partial charge >= 0.3 is 11.9 Å². The van der Waals surface area contributed by atoms with Gasteiger partial charge in [0.25, 0.3) is 6.41 Å². The molecule has 172 valence electrons. The molecule has 2 rings (SSSR count). The monoisotopic (exact) mass is 437 g/mol. The van der Waals surface area contributed by atoms with Gasteiger partial charge in [-0.05, 0) is 41.5 Å². The third-order valence-corrected chi connectivity index (χ3v) is 4.04. The molecule has 11 heteroatoms. The van der Waals surface area contributed by atoms with E-state index in [1.54, 1.807) is 41.5 Å². The summed E-state index contributed by atoms with van der Waals surface area (Å²) in [5.74, 6) is -0.618. The van der Waals surface area contributed by atoms with Gasteiger partial charge in [-0.15, -0.1) is 0 Å². The molecule has 0 saturated carbocycles. The molecule has 0 fully saturated rings. The van der Waals surface area contributed by atoms with Gasteiger partial charge in [0.1, 0.15) is 6.33 Å². The molecule has 0 amide bonds. The Hall–Kier alpha value is -2.95. The van der Waals surface area contributed by atoms with Crippen molar-refractivity contribution in [3.05, 3.63) is 6.33 Å². The van der Waals surface area contributed by atoms with Crippen molar-refractivity contribution < 1.29 is 28.5 Å². The number of methoxy groups -OCH3 is 1. The zero-order valence-electron chi connectivity index (χ0n) is 19.1. The summed E-state index contributed by atoms with van der Waals surface area (Å²) in [7, 11) is 1.44. The highest BCUT2D eigenvalue weighted by atomic mass is 16.7. The van der Waals surface area contributed by atoms with E-state index in [-0.39, 0.29) is 36.7 Å². The summed E-state index contributed by atoms with van der Waals surface area (Å²) >= 11 is 0. The van der Waals surface area contributed by atoms with Crippen LogP contribution in [0.25, 0.3) is 11.2 Å². The van der Waals surface area contributed by atoms with Gasteiger partial charge < -0.3 is 24.7 Å². The van der Waals surface area contributed by atoms with Gasteiger partial charge in [0, 0.05) is 6.42 Å². The van der Waals surface area contributed by atoms with Crippen molar-refractivity contribution in [1.29, 1.82) is 0 Å². The van der Waals surface area contributed by atoms with Crippen LogP contribution in [-0.4, -0.2) is 51.8 Å². The predicted octanol–water partition coefficient (Wildman–Crippen LogP) is 2.46. The zero-order valence-corrected chi connectivity index (χ0v) is 19.1. The molecule has 11 nitrogen and oxygen atoms in total. The maximum atomic E-state index is 12.5. The first-order chi connectivity index (χ1) is 14.3. The van der Waals surface area contributed by atoms with E-state index in [2.05, 4.69) is 15.0 Å². The summed E-state index contributed by atoms with van der Waals surface area (Å²) in [5, 5.41) is 0. The number of hydrogen-bond donors (Lipinski definition) is 1. The molecule has 0 aromatic carbocycles. The van der Waals surface area contributed by atoms with Crippen LogP contribution in [0.3, 0.4) is 0 Å². The average molecular weight is 437 g/mol. The van der Waals surface area contributed by atoms with Gasteiger partial charge in [-0.3, -0.25) is 14.2 Å².